The fraction of sp³-hybridized carbons (Fsp3) is 0.306. The topological polar surface area (TPSA) is 101 Å². The Bertz CT molecular complexity index is 2110. The summed E-state index contributed by atoms with van der Waals surface area (Å²) in [5.41, 5.74) is -2.36. The average Bonchev–Trinajstić information content (AvgIpc) is 3.01. The first-order valence-corrected chi connectivity index (χ1v) is 16.2. The lowest BCUT2D eigenvalue weighted by Crippen LogP contribution is -2.49. The molecule has 0 radical (unpaired) electrons. The molecule has 2 atom stereocenters. The number of pyridine rings is 1. The van der Waals surface area contributed by atoms with E-state index in [2.05, 4.69) is 5.32 Å². The van der Waals surface area contributed by atoms with Crippen LogP contribution in [0.5, 0.6) is 11.5 Å². The molecule has 0 saturated carbocycles. The summed E-state index contributed by atoms with van der Waals surface area (Å²) in [7, 11) is 0. The maximum Gasteiger partial charge on any atom is 0.416 e. The molecule has 1 aromatic heterocycles. The Kier molecular flexibility index (Phi) is 9.68. The Morgan fingerprint density at radius 2 is 1.75 bits per heavy atom. The van der Waals surface area contributed by atoms with E-state index in [-0.39, 0.29) is 53.7 Å². The van der Waals surface area contributed by atoms with E-state index in [0.29, 0.717) is 27.3 Å². The number of hydrogen-bond acceptors (Lipinski definition) is 5. The third-order valence-electron chi connectivity index (χ3n) is 9.00. The molecular formula is C36H30ClF6N3O5. The largest absolute Gasteiger partial charge is 0.481 e. The number of ether oxygens (including phenoxy) is 1. The number of aryl methyl sites for hydroxylation is 2. The Labute approximate surface area is 292 Å². The Morgan fingerprint density at radius 1 is 1.02 bits per heavy atom. The average molecular weight is 734 g/mol. The van der Waals surface area contributed by atoms with Crippen molar-refractivity contribution >= 4 is 23.5 Å². The van der Waals surface area contributed by atoms with Crippen LogP contribution in [-0.4, -0.2) is 52.3 Å². The van der Waals surface area contributed by atoms with Crippen LogP contribution in [0.4, 0.5) is 26.3 Å². The molecule has 2 N–H and O–H groups in total. The SMILES string of the molecule is Cc1cc2cc(c1F)[C@@H](CC(=O)O)NC(=O)[C@@H](n1cc(CCN3CC(F)C3)c(C(F)(F)F)cc1=O)c1cc(ccc1F)Oc1cc(Cl)cc(C)c1-2. The number of carbonyl (C=O) groups is 2. The van der Waals surface area contributed by atoms with Crippen LogP contribution in [0.3, 0.4) is 0 Å². The summed E-state index contributed by atoms with van der Waals surface area (Å²) in [4.78, 5) is 41.5. The molecule has 2 aliphatic heterocycles. The maximum atomic E-state index is 15.9. The van der Waals surface area contributed by atoms with Crippen molar-refractivity contribution in [1.29, 1.82) is 0 Å². The first kappa shape index (κ1) is 36.0. The maximum absolute atomic E-state index is 15.9. The first-order chi connectivity index (χ1) is 24.0. The third kappa shape index (κ3) is 7.33. The van der Waals surface area contributed by atoms with Crippen LogP contribution in [0.1, 0.15) is 51.9 Å². The fourth-order valence-electron chi connectivity index (χ4n) is 6.59. The Balaban J connectivity index is 1.59. The second kappa shape index (κ2) is 13.7. The normalized spacial score (nSPS) is 18.0. The van der Waals surface area contributed by atoms with Crippen LogP contribution in [0.25, 0.3) is 11.1 Å². The van der Waals surface area contributed by atoms with Gasteiger partial charge in [0.2, 0.25) is 5.91 Å². The Hall–Kier alpha value is -4.82. The molecule has 8 nitrogen and oxygen atoms in total. The minimum Gasteiger partial charge on any atom is -0.481 e. The molecule has 15 heteroatoms. The molecule has 268 valence electrons. The minimum atomic E-state index is -4.99. The smallest absolute Gasteiger partial charge is 0.416 e. The zero-order chi connectivity index (χ0) is 36.9. The van der Waals surface area contributed by atoms with E-state index in [9.17, 15) is 37.1 Å². The van der Waals surface area contributed by atoms with Crippen molar-refractivity contribution in [1.82, 2.24) is 14.8 Å². The summed E-state index contributed by atoms with van der Waals surface area (Å²) in [6, 6.07) is 5.83. The first-order valence-electron chi connectivity index (χ1n) is 15.8. The van der Waals surface area contributed by atoms with Gasteiger partial charge in [0.1, 0.15) is 35.3 Å². The number of nitrogens with one attached hydrogen (secondary N) is 1. The number of nitrogens with zero attached hydrogens (tertiary/aromatic N) is 2. The van der Waals surface area contributed by atoms with Crippen molar-refractivity contribution < 1.29 is 45.8 Å². The number of rotatable bonds is 6. The number of aliphatic carboxylic acids is 1. The van der Waals surface area contributed by atoms with Crippen LogP contribution in [0.15, 0.2) is 59.5 Å². The number of halogens is 7. The van der Waals surface area contributed by atoms with Gasteiger partial charge in [0, 0.05) is 59.7 Å². The molecule has 1 fully saturated rings. The number of benzene rings is 3. The quantitative estimate of drug-likeness (QED) is 0.202. The number of alkyl halides is 4. The van der Waals surface area contributed by atoms with E-state index in [0.717, 1.165) is 18.3 Å². The summed E-state index contributed by atoms with van der Waals surface area (Å²) in [6.45, 7) is 3.16. The zero-order valence-corrected chi connectivity index (χ0v) is 27.8. The van der Waals surface area contributed by atoms with Gasteiger partial charge in [-0.15, -0.1) is 0 Å². The third-order valence-corrected chi connectivity index (χ3v) is 9.22. The van der Waals surface area contributed by atoms with Crippen molar-refractivity contribution in [3.8, 4) is 22.6 Å². The second-order valence-corrected chi connectivity index (χ2v) is 13.1. The summed E-state index contributed by atoms with van der Waals surface area (Å²) in [5, 5.41) is 12.5. The number of carbonyl (C=O) groups excluding carboxylic acids is 1. The lowest BCUT2D eigenvalue weighted by Gasteiger charge is -2.34. The fourth-order valence-corrected chi connectivity index (χ4v) is 6.85. The zero-order valence-electron chi connectivity index (χ0n) is 27.1. The van der Waals surface area contributed by atoms with Crippen molar-refractivity contribution in [2.45, 2.75) is 51.1 Å². The molecule has 3 heterocycles. The van der Waals surface area contributed by atoms with Crippen molar-refractivity contribution in [3.63, 3.8) is 0 Å². The monoisotopic (exact) mass is 733 g/mol. The number of likely N-dealkylation sites (tertiary alicyclic amines) is 1. The molecule has 1 saturated heterocycles. The van der Waals surface area contributed by atoms with Gasteiger partial charge in [0.15, 0.2) is 0 Å². The number of fused-ring (bicyclic) bond motifs is 6. The van der Waals surface area contributed by atoms with Gasteiger partial charge in [-0.2, -0.15) is 13.2 Å². The number of carboxylic acid groups (broad SMARTS) is 1. The minimum absolute atomic E-state index is 0.00665. The number of aromatic nitrogens is 1. The van der Waals surface area contributed by atoms with Gasteiger partial charge < -0.3 is 15.2 Å². The molecule has 51 heavy (non-hydrogen) atoms. The highest BCUT2D eigenvalue weighted by molar-refractivity contribution is 6.31. The van der Waals surface area contributed by atoms with Gasteiger partial charge in [-0.05, 0) is 78.9 Å². The predicted molar refractivity (Wildman–Crippen MR) is 175 cm³/mol. The van der Waals surface area contributed by atoms with Crippen molar-refractivity contribution in [2.75, 3.05) is 19.6 Å². The second-order valence-electron chi connectivity index (χ2n) is 12.7. The highest BCUT2D eigenvalue weighted by Gasteiger charge is 2.38. The molecule has 6 rings (SSSR count). The van der Waals surface area contributed by atoms with Gasteiger partial charge in [0.25, 0.3) is 5.56 Å². The summed E-state index contributed by atoms with van der Waals surface area (Å²) in [5.74, 6) is -4.49. The van der Waals surface area contributed by atoms with Crippen LogP contribution in [0, 0.1) is 25.5 Å². The van der Waals surface area contributed by atoms with E-state index in [4.69, 9.17) is 16.3 Å². The Morgan fingerprint density at radius 3 is 2.41 bits per heavy atom. The molecule has 4 aromatic rings. The van der Waals surface area contributed by atoms with E-state index >= 15 is 8.78 Å². The molecule has 0 unspecified atom stereocenters. The van der Waals surface area contributed by atoms with E-state index in [1.54, 1.807) is 17.9 Å². The highest BCUT2D eigenvalue weighted by atomic mass is 35.5. The van der Waals surface area contributed by atoms with Crippen LogP contribution < -0.4 is 15.6 Å². The number of amides is 1. The van der Waals surface area contributed by atoms with Gasteiger partial charge in [-0.3, -0.25) is 23.9 Å². The summed E-state index contributed by atoms with van der Waals surface area (Å²) < 4.78 is 94.5. The molecule has 0 aliphatic carbocycles. The molecule has 2 aliphatic rings. The predicted octanol–water partition coefficient (Wildman–Crippen LogP) is 7.31. The van der Waals surface area contributed by atoms with E-state index < -0.39 is 76.6 Å². The van der Waals surface area contributed by atoms with Crippen molar-refractivity contribution in [3.05, 3.63) is 115 Å². The molecule has 3 aromatic carbocycles. The van der Waals surface area contributed by atoms with Gasteiger partial charge in [-0.25, -0.2) is 13.2 Å². The highest BCUT2D eigenvalue weighted by Crippen LogP contribution is 2.42. The number of carboxylic acids is 1. The number of hydrogen-bond donors (Lipinski definition) is 2. The lowest BCUT2D eigenvalue weighted by atomic mass is 9.92. The van der Waals surface area contributed by atoms with Crippen LogP contribution in [-0.2, 0) is 22.2 Å². The molecular weight excluding hydrogens is 704 g/mol. The van der Waals surface area contributed by atoms with E-state index in [1.807, 2.05) is 0 Å². The summed E-state index contributed by atoms with van der Waals surface area (Å²) in [6.07, 6.45) is -6.48. The van der Waals surface area contributed by atoms with Crippen LogP contribution in [0.2, 0.25) is 5.02 Å². The lowest BCUT2D eigenvalue weighted by molar-refractivity contribution is -0.139. The van der Waals surface area contributed by atoms with Gasteiger partial charge >= 0.3 is 12.1 Å². The molecule has 1 amide bonds. The van der Waals surface area contributed by atoms with E-state index in [1.165, 1.54) is 31.2 Å². The van der Waals surface area contributed by atoms with Crippen molar-refractivity contribution in [2.24, 2.45) is 0 Å². The van der Waals surface area contributed by atoms with Gasteiger partial charge in [-0.1, -0.05) is 11.6 Å². The van der Waals surface area contributed by atoms with Gasteiger partial charge in [0.05, 0.1) is 18.0 Å². The molecule has 0 spiro atoms. The summed E-state index contributed by atoms with van der Waals surface area (Å²) >= 11 is 6.37. The standard InChI is InChI=1S/C36H30ClF6N3O5/c1-17-8-21(37)10-29-32(17)20-7-18(2)33(40)25(9-20)28(13-31(48)49)44-35(50)34(24-11-23(51-29)3-4-27(24)39)46-14-19(5-6-45-15-22(38)16-45)26(12-30(46)47)36(41,42)43/h3-4,7-12,14,22,28,34H,5-6,13,15-16H2,1-2H3,(H,44,50)(H,48,49)/t28-,34+/m1/s1. The molecule has 4 bridgehead atoms. The van der Waals surface area contributed by atoms with Crippen LogP contribution >= 0.6 is 11.6 Å².